The quantitative estimate of drug-likeness (QED) is 0.686. The van der Waals surface area contributed by atoms with E-state index in [2.05, 4.69) is 54.1 Å². The highest BCUT2D eigenvalue weighted by molar-refractivity contribution is 6.30. The van der Waals surface area contributed by atoms with E-state index >= 15 is 0 Å². The fourth-order valence-electron chi connectivity index (χ4n) is 5.28. The van der Waals surface area contributed by atoms with E-state index in [9.17, 15) is 4.79 Å². The molecule has 0 aliphatic carbocycles. The summed E-state index contributed by atoms with van der Waals surface area (Å²) in [6.07, 6.45) is 4.74. The Hall–Kier alpha value is -1.95. The van der Waals surface area contributed by atoms with Crippen molar-refractivity contribution in [3.8, 4) is 0 Å². The molecule has 178 valence electrons. The molecule has 0 spiro atoms. The molecule has 2 fully saturated rings. The lowest BCUT2D eigenvalue weighted by molar-refractivity contribution is -0.141. The van der Waals surface area contributed by atoms with Crippen molar-refractivity contribution < 1.29 is 4.79 Å². The Morgan fingerprint density at radius 1 is 1.12 bits per heavy atom. The van der Waals surface area contributed by atoms with Crippen LogP contribution >= 0.6 is 11.6 Å². The predicted octanol–water partition coefficient (Wildman–Crippen LogP) is 4.77. The maximum Gasteiger partial charge on any atom is 0.223 e. The van der Waals surface area contributed by atoms with Crippen molar-refractivity contribution in [1.29, 1.82) is 0 Å². The Morgan fingerprint density at radius 2 is 1.85 bits per heavy atom. The van der Waals surface area contributed by atoms with E-state index in [0.29, 0.717) is 18.2 Å². The summed E-state index contributed by atoms with van der Waals surface area (Å²) in [5.74, 6) is 0.829. The minimum Gasteiger partial charge on any atom is -0.337 e. The van der Waals surface area contributed by atoms with E-state index in [4.69, 9.17) is 16.6 Å². The summed E-state index contributed by atoms with van der Waals surface area (Å²) in [7, 11) is 0. The summed E-state index contributed by atoms with van der Waals surface area (Å²) in [4.78, 5) is 22.8. The van der Waals surface area contributed by atoms with Crippen LogP contribution in [0.4, 0.5) is 0 Å². The number of hydrogen-bond acceptors (Lipinski definition) is 4. The zero-order chi connectivity index (χ0) is 23.4. The number of hydrogen-bond donors (Lipinski definition) is 1. The van der Waals surface area contributed by atoms with Crippen LogP contribution in [-0.2, 0) is 4.79 Å². The largest absolute Gasteiger partial charge is 0.337 e. The average Bonchev–Trinajstić information content (AvgIpc) is 2.81. The molecule has 6 heteroatoms. The van der Waals surface area contributed by atoms with Gasteiger partial charge in [-0.3, -0.25) is 14.7 Å². The van der Waals surface area contributed by atoms with Crippen LogP contribution in [0.1, 0.15) is 57.3 Å². The standard InChI is InChI=1S/C27H37ClN4O/c1-27(2,3)24-19-31(16-17-32(24)25(33)18-20-11-14-29-15-12-20)26(23-6-4-5-13-30-23)21-7-9-22(28)10-8-21/h4-10,13,20,24,26,29H,11-12,14-19H2,1-3H3. The van der Waals surface area contributed by atoms with Crippen LogP contribution in [0, 0.1) is 11.3 Å². The minimum absolute atomic E-state index is 0.0168. The number of carbonyl (C=O) groups is 1. The normalized spacial score (nSPS) is 21.7. The minimum atomic E-state index is -0.0168. The predicted molar refractivity (Wildman–Crippen MR) is 134 cm³/mol. The van der Waals surface area contributed by atoms with Gasteiger partial charge in [0.25, 0.3) is 0 Å². The van der Waals surface area contributed by atoms with Crippen molar-refractivity contribution in [2.24, 2.45) is 11.3 Å². The van der Waals surface area contributed by atoms with Gasteiger partial charge in [-0.2, -0.15) is 0 Å². The van der Waals surface area contributed by atoms with Gasteiger partial charge in [0.15, 0.2) is 0 Å². The number of amides is 1. The van der Waals surface area contributed by atoms with Crippen molar-refractivity contribution in [3.63, 3.8) is 0 Å². The van der Waals surface area contributed by atoms with Crippen molar-refractivity contribution in [3.05, 3.63) is 64.9 Å². The molecule has 33 heavy (non-hydrogen) atoms. The van der Waals surface area contributed by atoms with Crippen LogP contribution < -0.4 is 5.32 Å². The van der Waals surface area contributed by atoms with Gasteiger partial charge >= 0.3 is 0 Å². The molecule has 4 rings (SSSR count). The Kier molecular flexibility index (Phi) is 7.72. The first-order chi connectivity index (χ1) is 15.8. The number of benzene rings is 1. The smallest absolute Gasteiger partial charge is 0.223 e. The summed E-state index contributed by atoms with van der Waals surface area (Å²) in [5, 5.41) is 4.14. The summed E-state index contributed by atoms with van der Waals surface area (Å²) in [6, 6.07) is 14.4. The van der Waals surface area contributed by atoms with Crippen LogP contribution in [0.3, 0.4) is 0 Å². The second-order valence-corrected chi connectivity index (χ2v) is 11.0. The molecule has 3 heterocycles. The van der Waals surface area contributed by atoms with Gasteiger partial charge in [-0.15, -0.1) is 0 Å². The van der Waals surface area contributed by atoms with Gasteiger partial charge in [0, 0.05) is 43.3 Å². The Labute approximate surface area is 203 Å². The molecule has 0 saturated carbocycles. The third-order valence-electron chi connectivity index (χ3n) is 7.17. The third kappa shape index (κ3) is 5.95. The van der Waals surface area contributed by atoms with Crippen LogP contribution in [0.15, 0.2) is 48.7 Å². The molecule has 1 amide bonds. The fraction of sp³-hybridized carbons (Fsp3) is 0.556. The molecule has 2 atom stereocenters. The van der Waals surface area contributed by atoms with Gasteiger partial charge in [0.1, 0.15) is 0 Å². The topological polar surface area (TPSA) is 48.5 Å². The van der Waals surface area contributed by atoms with E-state index in [0.717, 1.165) is 56.3 Å². The van der Waals surface area contributed by atoms with Crippen molar-refractivity contribution in [2.75, 3.05) is 32.7 Å². The highest BCUT2D eigenvalue weighted by Gasteiger charge is 2.40. The highest BCUT2D eigenvalue weighted by Crippen LogP contribution is 2.35. The summed E-state index contributed by atoms with van der Waals surface area (Å²) in [6.45, 7) is 11.2. The molecule has 2 aliphatic rings. The Balaban J connectivity index is 1.57. The first-order valence-electron chi connectivity index (χ1n) is 12.2. The second kappa shape index (κ2) is 10.5. The number of piperidine rings is 1. The zero-order valence-corrected chi connectivity index (χ0v) is 20.9. The molecule has 0 radical (unpaired) electrons. The SMILES string of the molecule is CC(C)(C)C1CN(C(c2ccc(Cl)cc2)c2ccccn2)CCN1C(=O)CC1CCNCC1. The molecule has 1 aromatic heterocycles. The van der Waals surface area contributed by atoms with Crippen molar-refractivity contribution >= 4 is 17.5 Å². The van der Waals surface area contributed by atoms with E-state index in [1.165, 1.54) is 5.56 Å². The van der Waals surface area contributed by atoms with Gasteiger partial charge in [-0.1, -0.05) is 50.6 Å². The van der Waals surface area contributed by atoms with Gasteiger partial charge in [-0.25, -0.2) is 0 Å². The summed E-state index contributed by atoms with van der Waals surface area (Å²) in [5.41, 5.74) is 2.19. The van der Waals surface area contributed by atoms with Crippen molar-refractivity contribution in [1.82, 2.24) is 20.1 Å². The molecular weight excluding hydrogens is 432 g/mol. The lowest BCUT2D eigenvalue weighted by Gasteiger charge is -2.49. The number of halogens is 1. The number of rotatable bonds is 5. The maximum absolute atomic E-state index is 13.4. The third-order valence-corrected chi connectivity index (χ3v) is 7.42. The number of pyridine rings is 1. The summed E-state index contributed by atoms with van der Waals surface area (Å²) < 4.78 is 0. The molecule has 2 aliphatic heterocycles. The van der Waals surface area contributed by atoms with Crippen LogP contribution in [0.25, 0.3) is 0 Å². The maximum atomic E-state index is 13.4. The lowest BCUT2D eigenvalue weighted by atomic mass is 9.82. The van der Waals surface area contributed by atoms with Gasteiger partial charge < -0.3 is 10.2 Å². The lowest BCUT2D eigenvalue weighted by Crippen LogP contribution is -2.60. The number of nitrogens with zero attached hydrogens (tertiary/aromatic N) is 3. The average molecular weight is 469 g/mol. The van der Waals surface area contributed by atoms with Gasteiger partial charge in [-0.05, 0) is 67.1 Å². The van der Waals surface area contributed by atoms with Crippen LogP contribution in [0.5, 0.6) is 0 Å². The van der Waals surface area contributed by atoms with E-state index in [1.807, 2.05) is 30.5 Å². The molecule has 5 nitrogen and oxygen atoms in total. The second-order valence-electron chi connectivity index (χ2n) is 10.6. The molecule has 1 aromatic carbocycles. The molecule has 2 aromatic rings. The number of aromatic nitrogens is 1. The molecule has 2 unspecified atom stereocenters. The van der Waals surface area contributed by atoms with Gasteiger partial charge in [0.2, 0.25) is 5.91 Å². The van der Waals surface area contributed by atoms with E-state index < -0.39 is 0 Å². The molecule has 1 N–H and O–H groups in total. The number of piperazine rings is 1. The monoisotopic (exact) mass is 468 g/mol. The fourth-order valence-corrected chi connectivity index (χ4v) is 5.41. The first kappa shape index (κ1) is 24.2. The van der Waals surface area contributed by atoms with Crippen LogP contribution in [-0.4, -0.2) is 59.5 Å². The van der Waals surface area contributed by atoms with Gasteiger partial charge in [0.05, 0.1) is 11.7 Å². The number of carbonyl (C=O) groups excluding carboxylic acids is 1. The Bertz CT molecular complexity index is 906. The highest BCUT2D eigenvalue weighted by atomic mass is 35.5. The summed E-state index contributed by atoms with van der Waals surface area (Å²) >= 11 is 6.19. The molecular formula is C27H37ClN4O. The molecule has 0 bridgehead atoms. The van der Waals surface area contributed by atoms with E-state index in [1.54, 1.807) is 0 Å². The Morgan fingerprint density at radius 3 is 2.48 bits per heavy atom. The molecule has 2 saturated heterocycles. The van der Waals surface area contributed by atoms with E-state index in [-0.39, 0.29) is 17.5 Å². The van der Waals surface area contributed by atoms with Crippen molar-refractivity contribution in [2.45, 2.75) is 52.1 Å². The zero-order valence-electron chi connectivity index (χ0n) is 20.1. The first-order valence-corrected chi connectivity index (χ1v) is 12.6. The van der Waals surface area contributed by atoms with Crippen LogP contribution in [0.2, 0.25) is 5.02 Å². The number of nitrogens with one attached hydrogen (secondary N) is 1.